The van der Waals surface area contributed by atoms with Gasteiger partial charge in [0.25, 0.3) is 0 Å². The number of hydrogen-bond acceptors (Lipinski definition) is 4. The van der Waals surface area contributed by atoms with Gasteiger partial charge in [-0.3, -0.25) is 9.59 Å². The maximum Gasteiger partial charge on any atom is 0.239 e. The molecule has 0 saturated carbocycles. The van der Waals surface area contributed by atoms with Crippen LogP contribution in [0.1, 0.15) is 32.6 Å². The summed E-state index contributed by atoms with van der Waals surface area (Å²) in [5.41, 5.74) is 3.54. The fraction of sp³-hybridized carbons (Fsp3) is 0.160. The Balaban J connectivity index is 1.66. The lowest BCUT2D eigenvalue weighted by Gasteiger charge is -2.55. The van der Waals surface area contributed by atoms with E-state index in [0.717, 1.165) is 27.2 Å². The molecule has 1 fully saturated rings. The third-order valence-electron chi connectivity index (χ3n) is 6.95. The summed E-state index contributed by atoms with van der Waals surface area (Å²) in [6, 6.07) is 21.5. The molecule has 158 valence electrons. The van der Waals surface area contributed by atoms with Gasteiger partial charge in [-0.1, -0.05) is 98.6 Å². The lowest BCUT2D eigenvalue weighted by atomic mass is 9.54. The van der Waals surface area contributed by atoms with Crippen LogP contribution in [0.2, 0.25) is 0 Å². The third-order valence-corrected chi connectivity index (χ3v) is 9.65. The van der Waals surface area contributed by atoms with Crippen molar-refractivity contribution in [2.45, 2.75) is 8.65 Å². The molecule has 5 nitrogen and oxygen atoms in total. The van der Waals surface area contributed by atoms with Crippen LogP contribution in [0, 0.1) is 11.8 Å². The number of halogens is 2. The smallest absolute Gasteiger partial charge is 0.239 e. The summed E-state index contributed by atoms with van der Waals surface area (Å²) in [7, 11) is 0. The molecule has 2 bridgehead atoms. The quantitative estimate of drug-likeness (QED) is 0.361. The van der Waals surface area contributed by atoms with E-state index in [9.17, 15) is 19.5 Å². The summed E-state index contributed by atoms with van der Waals surface area (Å²) in [4.78, 5) is 40.6. The van der Waals surface area contributed by atoms with Gasteiger partial charge in [-0.25, -0.2) is 4.90 Å². The number of imide groups is 1. The van der Waals surface area contributed by atoms with Gasteiger partial charge in [0.15, 0.2) is 0 Å². The molecule has 0 unspecified atom stereocenters. The molecule has 1 aliphatic heterocycles. The number of aromatic carboxylic acids is 1. The first-order valence-electron chi connectivity index (χ1n) is 10.1. The van der Waals surface area contributed by atoms with Crippen LogP contribution >= 0.6 is 31.9 Å². The normalized spacial score (nSPS) is 29.5. The maximum absolute atomic E-state index is 13.9. The first kappa shape index (κ1) is 19.9. The molecule has 0 spiro atoms. The number of carbonyl (C=O) groups is 3. The van der Waals surface area contributed by atoms with E-state index in [1.165, 1.54) is 12.1 Å². The SMILES string of the molecule is O=C([O-])c1ccccc1N1C(=O)[C@H]2[C@H](C1=O)C1(Br)c3ccccc3C2(Br)c2ccccc21. The molecule has 3 aromatic carbocycles. The Bertz CT molecular complexity index is 1250. The van der Waals surface area contributed by atoms with Crippen LogP contribution < -0.4 is 10.0 Å². The molecular weight excluding hydrogens is 538 g/mol. The zero-order chi connectivity index (χ0) is 22.4. The van der Waals surface area contributed by atoms with E-state index in [1.54, 1.807) is 12.1 Å². The molecule has 7 rings (SSSR count). The van der Waals surface area contributed by atoms with Gasteiger partial charge in [-0.2, -0.15) is 0 Å². The van der Waals surface area contributed by atoms with Crippen LogP contribution in [-0.4, -0.2) is 17.8 Å². The summed E-state index contributed by atoms with van der Waals surface area (Å²) < 4.78 is -1.84. The third kappa shape index (κ3) is 2.11. The molecule has 32 heavy (non-hydrogen) atoms. The number of anilines is 1. The van der Waals surface area contributed by atoms with Crippen molar-refractivity contribution in [1.82, 2.24) is 0 Å². The highest BCUT2D eigenvalue weighted by Gasteiger charge is 2.72. The van der Waals surface area contributed by atoms with E-state index < -0.39 is 38.3 Å². The Morgan fingerprint density at radius 2 is 1.09 bits per heavy atom. The molecule has 0 N–H and O–H groups in total. The number of nitrogens with zero attached hydrogens (tertiary/aromatic N) is 1. The second kappa shape index (κ2) is 6.39. The number of carbonyl (C=O) groups excluding carboxylic acids is 3. The van der Waals surface area contributed by atoms with Gasteiger partial charge < -0.3 is 9.90 Å². The van der Waals surface area contributed by atoms with Crippen LogP contribution in [-0.2, 0) is 18.2 Å². The van der Waals surface area contributed by atoms with Gasteiger partial charge in [0.2, 0.25) is 11.8 Å². The molecule has 0 aromatic heterocycles. The lowest BCUT2D eigenvalue weighted by Crippen LogP contribution is -2.56. The average Bonchev–Trinajstić information content (AvgIpc) is 3.08. The number of carboxylic acids is 1. The number of alkyl halides is 2. The monoisotopic (exact) mass is 550 g/mol. The van der Waals surface area contributed by atoms with Gasteiger partial charge >= 0.3 is 0 Å². The van der Waals surface area contributed by atoms with E-state index in [1.807, 2.05) is 48.5 Å². The van der Waals surface area contributed by atoms with E-state index in [0.29, 0.717) is 0 Å². The van der Waals surface area contributed by atoms with E-state index in [-0.39, 0.29) is 11.3 Å². The van der Waals surface area contributed by atoms with Crippen molar-refractivity contribution in [2.75, 3.05) is 4.90 Å². The first-order chi connectivity index (χ1) is 15.3. The van der Waals surface area contributed by atoms with Crippen molar-refractivity contribution < 1.29 is 19.5 Å². The Morgan fingerprint density at radius 3 is 1.50 bits per heavy atom. The topological polar surface area (TPSA) is 77.5 Å². The lowest BCUT2D eigenvalue weighted by molar-refractivity contribution is -0.254. The molecule has 4 aliphatic rings. The van der Waals surface area contributed by atoms with Crippen LogP contribution in [0.3, 0.4) is 0 Å². The standard InChI is InChI=1S/C25H15Br2NO4/c26-24-14-8-2-3-9-15(14)25(27,17-11-5-4-10-16(17)24)20-19(24)21(29)28(22(20)30)18-12-6-1-7-13(18)23(31)32/h1-12,19-20H,(H,31,32)/p-1/t19-,20-,24?,25?/m1/s1. The van der Waals surface area contributed by atoms with Crippen LogP contribution in [0.25, 0.3) is 0 Å². The Morgan fingerprint density at radius 1 is 0.719 bits per heavy atom. The fourth-order valence-corrected chi connectivity index (χ4v) is 8.05. The minimum atomic E-state index is -1.44. The van der Waals surface area contributed by atoms with Gasteiger partial charge in [-0.05, 0) is 28.3 Å². The summed E-state index contributed by atoms with van der Waals surface area (Å²) >= 11 is 7.86. The largest absolute Gasteiger partial charge is 0.545 e. The molecule has 7 heteroatoms. The minimum Gasteiger partial charge on any atom is -0.545 e. The minimum absolute atomic E-state index is 0.0385. The van der Waals surface area contributed by atoms with Crippen molar-refractivity contribution in [3.05, 3.63) is 101 Å². The van der Waals surface area contributed by atoms with Gasteiger partial charge in [0.05, 0.1) is 32.1 Å². The zero-order valence-electron chi connectivity index (χ0n) is 16.4. The van der Waals surface area contributed by atoms with Crippen LogP contribution in [0.15, 0.2) is 72.8 Å². The fourth-order valence-electron chi connectivity index (χ4n) is 5.75. The zero-order valence-corrected chi connectivity index (χ0v) is 19.6. The molecule has 2 amide bonds. The number of carboxylic acid groups (broad SMARTS) is 1. The Hall–Kier alpha value is -2.77. The summed E-state index contributed by atoms with van der Waals surface area (Å²) in [5, 5.41) is 11.8. The number of amides is 2. The Kier molecular flexibility index (Phi) is 3.97. The number of rotatable bonds is 2. The van der Waals surface area contributed by atoms with Crippen molar-refractivity contribution in [2.24, 2.45) is 11.8 Å². The summed E-state index contributed by atoms with van der Waals surface area (Å²) in [6.45, 7) is 0. The van der Waals surface area contributed by atoms with Crippen molar-refractivity contribution >= 4 is 55.3 Å². The molecular formula is C25H14Br2NO4-. The molecule has 2 atom stereocenters. The highest BCUT2D eigenvalue weighted by molar-refractivity contribution is 9.10. The second-order valence-corrected chi connectivity index (χ2v) is 10.8. The molecule has 1 heterocycles. The second-order valence-electron chi connectivity index (χ2n) is 8.29. The number of para-hydroxylation sites is 1. The van der Waals surface area contributed by atoms with Gasteiger partial charge in [0.1, 0.15) is 0 Å². The van der Waals surface area contributed by atoms with E-state index >= 15 is 0 Å². The van der Waals surface area contributed by atoms with Crippen molar-refractivity contribution in [3.63, 3.8) is 0 Å². The van der Waals surface area contributed by atoms with Gasteiger partial charge in [0, 0.05) is 5.56 Å². The van der Waals surface area contributed by atoms with Crippen molar-refractivity contribution in [3.8, 4) is 0 Å². The molecule has 3 aromatic rings. The average molecular weight is 552 g/mol. The maximum atomic E-state index is 13.9. The van der Waals surface area contributed by atoms with E-state index in [2.05, 4.69) is 31.9 Å². The summed E-state index contributed by atoms with van der Waals surface area (Å²) in [5.74, 6) is -3.81. The molecule has 3 aliphatic carbocycles. The van der Waals surface area contributed by atoms with Crippen LogP contribution in [0.4, 0.5) is 5.69 Å². The molecule has 0 radical (unpaired) electrons. The number of benzene rings is 3. The Labute approximate surface area is 200 Å². The molecule has 1 saturated heterocycles. The van der Waals surface area contributed by atoms with Crippen molar-refractivity contribution in [1.29, 1.82) is 0 Å². The predicted octanol–water partition coefficient (Wildman–Crippen LogP) is 3.46. The highest BCUT2D eigenvalue weighted by atomic mass is 79.9. The van der Waals surface area contributed by atoms with Gasteiger partial charge in [-0.15, -0.1) is 0 Å². The summed E-state index contributed by atoms with van der Waals surface area (Å²) in [6.07, 6.45) is 0. The van der Waals surface area contributed by atoms with Crippen LogP contribution in [0.5, 0.6) is 0 Å². The first-order valence-corrected chi connectivity index (χ1v) is 11.7. The van der Waals surface area contributed by atoms with E-state index in [4.69, 9.17) is 0 Å². The number of hydrogen-bond donors (Lipinski definition) is 0. The highest BCUT2D eigenvalue weighted by Crippen LogP contribution is 2.70. The predicted molar refractivity (Wildman–Crippen MR) is 123 cm³/mol.